The Morgan fingerprint density at radius 3 is 2.30 bits per heavy atom. The van der Waals surface area contributed by atoms with Crippen LogP contribution in [0, 0.1) is 5.92 Å². The van der Waals surface area contributed by atoms with Crippen molar-refractivity contribution in [2.24, 2.45) is 5.92 Å². The van der Waals surface area contributed by atoms with E-state index >= 15 is 0 Å². The molecule has 2 aromatic carbocycles. The van der Waals surface area contributed by atoms with E-state index in [1.807, 2.05) is 26.0 Å². The van der Waals surface area contributed by atoms with E-state index < -0.39 is 6.04 Å². The summed E-state index contributed by atoms with van der Waals surface area (Å²) in [6.45, 7) is 4.71. The Hall–Kier alpha value is -2.86. The normalized spacial score (nSPS) is 14.7. The van der Waals surface area contributed by atoms with Crippen molar-refractivity contribution in [1.29, 1.82) is 0 Å². The summed E-state index contributed by atoms with van der Waals surface area (Å²) in [5.41, 5.74) is 1.88. The maximum absolute atomic E-state index is 12.9. The summed E-state index contributed by atoms with van der Waals surface area (Å²) in [6.07, 6.45) is 1.94. The van der Waals surface area contributed by atoms with Gasteiger partial charge in [-0.1, -0.05) is 25.4 Å². The van der Waals surface area contributed by atoms with Crippen molar-refractivity contribution in [2.45, 2.75) is 39.2 Å². The second-order valence-corrected chi connectivity index (χ2v) is 8.28. The first-order valence-corrected chi connectivity index (χ1v) is 10.5. The number of nitrogens with one attached hydrogen (secondary N) is 2. The molecular weight excluding hydrogens is 402 g/mol. The van der Waals surface area contributed by atoms with Gasteiger partial charge in [0.25, 0.3) is 5.91 Å². The van der Waals surface area contributed by atoms with Crippen molar-refractivity contribution < 1.29 is 14.4 Å². The van der Waals surface area contributed by atoms with Crippen LogP contribution in [0.3, 0.4) is 0 Å². The predicted molar refractivity (Wildman–Crippen MR) is 119 cm³/mol. The van der Waals surface area contributed by atoms with Crippen molar-refractivity contribution in [3.05, 3.63) is 59.1 Å². The predicted octanol–water partition coefficient (Wildman–Crippen LogP) is 4.25. The van der Waals surface area contributed by atoms with Gasteiger partial charge in [0.2, 0.25) is 11.8 Å². The maximum Gasteiger partial charge on any atom is 0.251 e. The van der Waals surface area contributed by atoms with Crippen molar-refractivity contribution >= 4 is 40.7 Å². The van der Waals surface area contributed by atoms with Gasteiger partial charge in [-0.15, -0.1) is 0 Å². The van der Waals surface area contributed by atoms with Crippen LogP contribution < -0.4 is 15.5 Å². The van der Waals surface area contributed by atoms with Gasteiger partial charge in [0.1, 0.15) is 6.04 Å². The summed E-state index contributed by atoms with van der Waals surface area (Å²) in [5, 5.41) is 6.23. The lowest BCUT2D eigenvalue weighted by Crippen LogP contribution is -2.44. The van der Waals surface area contributed by atoms with Gasteiger partial charge in [0, 0.05) is 34.9 Å². The number of hydrogen-bond acceptors (Lipinski definition) is 3. The van der Waals surface area contributed by atoms with Gasteiger partial charge in [0.05, 0.1) is 0 Å². The van der Waals surface area contributed by atoms with Crippen molar-refractivity contribution in [3.8, 4) is 0 Å². The summed E-state index contributed by atoms with van der Waals surface area (Å²) in [4.78, 5) is 39.0. The number of nitrogens with zero attached hydrogens (tertiary/aromatic N) is 1. The third-order valence-corrected chi connectivity index (χ3v) is 5.21. The zero-order valence-corrected chi connectivity index (χ0v) is 17.9. The van der Waals surface area contributed by atoms with Gasteiger partial charge in [-0.3, -0.25) is 14.4 Å². The highest BCUT2D eigenvalue weighted by atomic mass is 35.5. The van der Waals surface area contributed by atoms with Crippen LogP contribution in [-0.2, 0) is 9.59 Å². The molecule has 0 bridgehead atoms. The first-order valence-electron chi connectivity index (χ1n) is 10.1. The van der Waals surface area contributed by atoms with E-state index in [2.05, 4.69) is 10.6 Å². The molecule has 0 spiro atoms. The summed E-state index contributed by atoms with van der Waals surface area (Å²) >= 11 is 5.87. The number of carbonyl (C=O) groups is 3. The van der Waals surface area contributed by atoms with E-state index in [0.29, 0.717) is 29.1 Å². The number of hydrogen-bond donors (Lipinski definition) is 2. The Morgan fingerprint density at radius 2 is 1.73 bits per heavy atom. The minimum absolute atomic E-state index is 0.119. The van der Waals surface area contributed by atoms with E-state index in [9.17, 15) is 14.4 Å². The molecule has 1 saturated heterocycles. The van der Waals surface area contributed by atoms with Gasteiger partial charge < -0.3 is 15.5 Å². The van der Waals surface area contributed by atoms with Crippen LogP contribution in [0.1, 0.15) is 43.5 Å². The zero-order valence-electron chi connectivity index (χ0n) is 17.2. The second-order valence-electron chi connectivity index (χ2n) is 7.85. The average molecular weight is 428 g/mol. The lowest BCUT2D eigenvalue weighted by atomic mass is 10.0. The minimum Gasteiger partial charge on any atom is -0.340 e. The smallest absolute Gasteiger partial charge is 0.251 e. The Kier molecular flexibility index (Phi) is 7.11. The standard InChI is InChI=1S/C23H26ClN3O3/c1-15(2)14-20(26-22(29)16-5-7-17(24)8-6-16)23(30)25-18-9-11-19(12-10-18)27-13-3-4-21(27)28/h5-12,15,20H,3-4,13-14H2,1-2H3,(H,25,30)(H,26,29). The summed E-state index contributed by atoms with van der Waals surface area (Å²) in [5.74, 6) is -0.269. The topological polar surface area (TPSA) is 78.5 Å². The van der Waals surface area contributed by atoms with E-state index in [1.54, 1.807) is 41.3 Å². The summed E-state index contributed by atoms with van der Waals surface area (Å²) in [6, 6.07) is 13.0. The third kappa shape index (κ3) is 5.60. The molecule has 1 unspecified atom stereocenters. The summed E-state index contributed by atoms with van der Waals surface area (Å²) < 4.78 is 0. The molecule has 30 heavy (non-hydrogen) atoms. The number of carbonyl (C=O) groups excluding carboxylic acids is 3. The quantitative estimate of drug-likeness (QED) is 0.693. The lowest BCUT2D eigenvalue weighted by molar-refractivity contribution is -0.118. The lowest BCUT2D eigenvalue weighted by Gasteiger charge is -2.21. The molecule has 0 aromatic heterocycles. The molecule has 2 aromatic rings. The summed E-state index contributed by atoms with van der Waals surface area (Å²) in [7, 11) is 0. The number of benzene rings is 2. The van der Waals surface area contributed by atoms with Crippen LogP contribution in [0.4, 0.5) is 11.4 Å². The maximum atomic E-state index is 12.9. The molecule has 1 heterocycles. The molecule has 3 amide bonds. The molecule has 6 nitrogen and oxygen atoms in total. The largest absolute Gasteiger partial charge is 0.340 e. The third-order valence-electron chi connectivity index (χ3n) is 4.96. The molecule has 1 atom stereocenters. The minimum atomic E-state index is -0.673. The molecule has 1 aliphatic rings. The van der Waals surface area contributed by atoms with E-state index in [0.717, 1.165) is 18.7 Å². The number of rotatable bonds is 7. The SMILES string of the molecule is CC(C)CC(NC(=O)c1ccc(Cl)cc1)C(=O)Nc1ccc(N2CCCC2=O)cc1. The van der Waals surface area contributed by atoms with Gasteiger partial charge in [-0.2, -0.15) is 0 Å². The molecule has 0 aliphatic carbocycles. The second kappa shape index (κ2) is 9.76. The molecule has 158 valence electrons. The highest BCUT2D eigenvalue weighted by Crippen LogP contribution is 2.23. The number of anilines is 2. The molecule has 1 fully saturated rings. The highest BCUT2D eigenvalue weighted by molar-refractivity contribution is 6.30. The monoisotopic (exact) mass is 427 g/mol. The molecule has 0 radical (unpaired) electrons. The van der Waals surface area contributed by atoms with Gasteiger partial charge in [0.15, 0.2) is 0 Å². The zero-order chi connectivity index (χ0) is 21.7. The fourth-order valence-electron chi connectivity index (χ4n) is 3.42. The van der Waals surface area contributed by atoms with Gasteiger partial charge >= 0.3 is 0 Å². The number of halogens is 1. The van der Waals surface area contributed by atoms with Gasteiger partial charge in [-0.05, 0) is 67.3 Å². The molecular formula is C23H26ClN3O3. The Morgan fingerprint density at radius 1 is 1.07 bits per heavy atom. The fourth-order valence-corrected chi connectivity index (χ4v) is 3.55. The van der Waals surface area contributed by atoms with E-state index in [1.165, 1.54) is 0 Å². The van der Waals surface area contributed by atoms with Crippen molar-refractivity contribution in [1.82, 2.24) is 5.32 Å². The van der Waals surface area contributed by atoms with Gasteiger partial charge in [-0.25, -0.2) is 0 Å². The Balaban J connectivity index is 1.66. The Labute approximate surface area is 181 Å². The molecule has 1 aliphatic heterocycles. The average Bonchev–Trinajstić information content (AvgIpc) is 3.14. The molecule has 2 N–H and O–H groups in total. The van der Waals surface area contributed by atoms with E-state index in [-0.39, 0.29) is 23.6 Å². The highest BCUT2D eigenvalue weighted by Gasteiger charge is 2.24. The van der Waals surface area contributed by atoms with Crippen LogP contribution in [0.15, 0.2) is 48.5 Å². The van der Waals surface area contributed by atoms with Crippen molar-refractivity contribution in [3.63, 3.8) is 0 Å². The van der Waals surface area contributed by atoms with Crippen LogP contribution >= 0.6 is 11.6 Å². The first kappa shape index (κ1) is 21.8. The Bertz CT molecular complexity index is 910. The van der Waals surface area contributed by atoms with Crippen LogP contribution in [0.2, 0.25) is 5.02 Å². The fraction of sp³-hybridized carbons (Fsp3) is 0.348. The molecule has 7 heteroatoms. The van der Waals surface area contributed by atoms with Crippen LogP contribution in [0.5, 0.6) is 0 Å². The van der Waals surface area contributed by atoms with Crippen LogP contribution in [-0.4, -0.2) is 30.3 Å². The van der Waals surface area contributed by atoms with E-state index in [4.69, 9.17) is 11.6 Å². The van der Waals surface area contributed by atoms with Crippen LogP contribution in [0.25, 0.3) is 0 Å². The molecule has 0 saturated carbocycles. The first-order chi connectivity index (χ1) is 14.3. The number of amides is 3. The van der Waals surface area contributed by atoms with Crippen molar-refractivity contribution in [2.75, 3.05) is 16.8 Å². The molecule has 3 rings (SSSR count).